The van der Waals surface area contributed by atoms with Crippen molar-refractivity contribution < 1.29 is 13.9 Å². The van der Waals surface area contributed by atoms with E-state index >= 15 is 0 Å². The van der Waals surface area contributed by atoms with Crippen LogP contribution in [-0.2, 0) is 17.9 Å². The number of carbonyl (C=O) groups excluding carboxylic acids is 1. The normalized spacial score (nSPS) is 16.3. The molecule has 1 saturated heterocycles. The van der Waals surface area contributed by atoms with E-state index in [1.807, 2.05) is 56.0 Å². The van der Waals surface area contributed by atoms with Gasteiger partial charge in [0.1, 0.15) is 18.2 Å². The molecular weight excluding hydrogens is 407 g/mol. The number of halogens is 1. The first-order valence-corrected chi connectivity index (χ1v) is 11.2. The first-order chi connectivity index (χ1) is 15.4. The van der Waals surface area contributed by atoms with Crippen LogP contribution in [0, 0.1) is 11.7 Å². The first-order valence-electron chi connectivity index (χ1n) is 11.2. The van der Waals surface area contributed by atoms with Crippen LogP contribution in [0.1, 0.15) is 38.3 Å². The van der Waals surface area contributed by atoms with Gasteiger partial charge < -0.3 is 20.3 Å². The number of nitrogens with zero attached hydrogens (tertiary/aromatic N) is 2. The van der Waals surface area contributed by atoms with Gasteiger partial charge in [0, 0.05) is 31.6 Å². The van der Waals surface area contributed by atoms with Crippen LogP contribution in [0.5, 0.6) is 5.75 Å². The molecule has 1 aliphatic heterocycles. The molecule has 1 heterocycles. The van der Waals surface area contributed by atoms with Gasteiger partial charge in [0.25, 0.3) is 0 Å². The van der Waals surface area contributed by atoms with Gasteiger partial charge in [-0.2, -0.15) is 0 Å². The highest BCUT2D eigenvalue weighted by Gasteiger charge is 2.27. The van der Waals surface area contributed by atoms with E-state index in [4.69, 9.17) is 9.73 Å². The van der Waals surface area contributed by atoms with Crippen molar-refractivity contribution in [2.75, 3.05) is 19.6 Å². The first kappa shape index (κ1) is 23.6. The van der Waals surface area contributed by atoms with Crippen molar-refractivity contribution in [2.24, 2.45) is 10.9 Å². The minimum atomic E-state index is -0.263. The molecule has 0 saturated carbocycles. The van der Waals surface area contributed by atoms with Crippen LogP contribution in [0.2, 0.25) is 0 Å². The summed E-state index contributed by atoms with van der Waals surface area (Å²) < 4.78 is 19.0. The summed E-state index contributed by atoms with van der Waals surface area (Å²) in [5.41, 5.74) is 1.85. The summed E-state index contributed by atoms with van der Waals surface area (Å²) in [7, 11) is 0. The number of rotatable bonds is 8. The summed E-state index contributed by atoms with van der Waals surface area (Å²) in [5.74, 6) is 1.45. The molecule has 1 aliphatic rings. The summed E-state index contributed by atoms with van der Waals surface area (Å²) in [6.45, 7) is 9.01. The molecule has 7 heteroatoms. The van der Waals surface area contributed by atoms with Crippen LogP contribution in [0.3, 0.4) is 0 Å². The number of hydrogen-bond acceptors (Lipinski definition) is 3. The highest BCUT2D eigenvalue weighted by Crippen LogP contribution is 2.16. The summed E-state index contributed by atoms with van der Waals surface area (Å²) in [6, 6.07) is 14.4. The molecule has 0 radical (unpaired) electrons. The molecule has 2 aromatic carbocycles. The van der Waals surface area contributed by atoms with E-state index in [1.165, 1.54) is 12.1 Å². The van der Waals surface area contributed by atoms with E-state index in [1.54, 1.807) is 6.07 Å². The number of aliphatic imine (C=N–C) groups is 1. The Bertz CT molecular complexity index is 914. The second-order valence-corrected chi connectivity index (χ2v) is 8.33. The summed E-state index contributed by atoms with van der Waals surface area (Å²) in [4.78, 5) is 18.8. The number of ether oxygens (including phenoxy) is 1. The third-order valence-electron chi connectivity index (χ3n) is 5.32. The molecule has 1 unspecified atom stereocenters. The van der Waals surface area contributed by atoms with Crippen molar-refractivity contribution in [1.29, 1.82) is 0 Å². The predicted molar refractivity (Wildman–Crippen MR) is 125 cm³/mol. The summed E-state index contributed by atoms with van der Waals surface area (Å²) in [6.07, 6.45) is 0.917. The number of nitrogens with one attached hydrogen (secondary N) is 2. The Morgan fingerprint density at radius 3 is 2.69 bits per heavy atom. The standard InChI is InChI=1S/C25H33FN4O2/c1-4-27-25(29-22-12-13-30(16-22)24(31)18(2)3)28-15-19-8-10-23(11-9-19)32-17-20-6-5-7-21(26)14-20/h5-11,14,18,22H,4,12-13,15-17H2,1-3H3,(H2,27,28,29). The van der Waals surface area contributed by atoms with Crippen LogP contribution < -0.4 is 15.4 Å². The van der Waals surface area contributed by atoms with Gasteiger partial charge in [-0.25, -0.2) is 9.38 Å². The molecule has 2 N–H and O–H groups in total. The predicted octanol–water partition coefficient (Wildman–Crippen LogP) is 3.72. The number of benzene rings is 2. The van der Waals surface area contributed by atoms with Crippen molar-refractivity contribution >= 4 is 11.9 Å². The molecular formula is C25H33FN4O2. The molecule has 0 bridgehead atoms. The van der Waals surface area contributed by atoms with E-state index in [9.17, 15) is 9.18 Å². The maximum Gasteiger partial charge on any atom is 0.225 e. The van der Waals surface area contributed by atoms with Crippen LogP contribution >= 0.6 is 0 Å². The Morgan fingerprint density at radius 2 is 2.00 bits per heavy atom. The van der Waals surface area contributed by atoms with E-state index in [0.717, 1.165) is 42.3 Å². The SMILES string of the molecule is CCNC(=NCc1ccc(OCc2cccc(F)c2)cc1)NC1CCN(C(=O)C(C)C)C1. The number of hydrogen-bond donors (Lipinski definition) is 2. The average molecular weight is 441 g/mol. The molecule has 0 aromatic heterocycles. The average Bonchev–Trinajstić information content (AvgIpc) is 3.25. The van der Waals surface area contributed by atoms with Gasteiger partial charge in [-0.15, -0.1) is 0 Å². The molecule has 3 rings (SSSR count). The fourth-order valence-corrected chi connectivity index (χ4v) is 3.61. The second-order valence-electron chi connectivity index (χ2n) is 8.33. The fourth-order valence-electron chi connectivity index (χ4n) is 3.61. The molecule has 172 valence electrons. The Labute approximate surface area is 189 Å². The van der Waals surface area contributed by atoms with Crippen LogP contribution in [0.25, 0.3) is 0 Å². The van der Waals surface area contributed by atoms with Gasteiger partial charge in [-0.05, 0) is 48.7 Å². The lowest BCUT2D eigenvalue weighted by molar-refractivity contribution is -0.133. The molecule has 6 nitrogen and oxygen atoms in total. The Kier molecular flexibility index (Phi) is 8.48. The number of amides is 1. The third kappa shape index (κ3) is 6.97. The van der Waals surface area contributed by atoms with Gasteiger partial charge in [0.2, 0.25) is 5.91 Å². The van der Waals surface area contributed by atoms with Crippen molar-refractivity contribution in [3.63, 3.8) is 0 Å². The monoisotopic (exact) mass is 440 g/mol. The number of guanidine groups is 1. The number of likely N-dealkylation sites (tertiary alicyclic amines) is 1. The maximum absolute atomic E-state index is 13.3. The lowest BCUT2D eigenvalue weighted by Crippen LogP contribution is -2.45. The summed E-state index contributed by atoms with van der Waals surface area (Å²) >= 11 is 0. The van der Waals surface area contributed by atoms with Crippen molar-refractivity contribution in [2.45, 2.75) is 46.4 Å². The Hall–Kier alpha value is -3.09. The van der Waals surface area contributed by atoms with E-state index in [-0.39, 0.29) is 23.7 Å². The van der Waals surface area contributed by atoms with Gasteiger partial charge in [-0.3, -0.25) is 4.79 Å². The fraction of sp³-hybridized carbons (Fsp3) is 0.440. The van der Waals surface area contributed by atoms with Gasteiger partial charge >= 0.3 is 0 Å². The molecule has 0 spiro atoms. The largest absolute Gasteiger partial charge is 0.489 e. The minimum Gasteiger partial charge on any atom is -0.489 e. The molecule has 1 atom stereocenters. The minimum absolute atomic E-state index is 0.0245. The van der Waals surface area contributed by atoms with Crippen LogP contribution in [0.4, 0.5) is 4.39 Å². The lowest BCUT2D eigenvalue weighted by Gasteiger charge is -2.20. The highest BCUT2D eigenvalue weighted by molar-refractivity contribution is 5.81. The number of carbonyl (C=O) groups is 1. The molecule has 1 fully saturated rings. The lowest BCUT2D eigenvalue weighted by atomic mass is 10.2. The van der Waals surface area contributed by atoms with Crippen LogP contribution in [-0.4, -0.2) is 42.4 Å². The summed E-state index contributed by atoms with van der Waals surface area (Å²) in [5, 5.41) is 6.74. The zero-order valence-electron chi connectivity index (χ0n) is 19.1. The zero-order valence-corrected chi connectivity index (χ0v) is 19.1. The van der Waals surface area contributed by atoms with Gasteiger partial charge in [0.05, 0.1) is 6.54 Å². The van der Waals surface area contributed by atoms with Crippen LogP contribution in [0.15, 0.2) is 53.5 Å². The third-order valence-corrected chi connectivity index (χ3v) is 5.32. The second kappa shape index (κ2) is 11.5. The van der Waals surface area contributed by atoms with E-state index < -0.39 is 0 Å². The topological polar surface area (TPSA) is 66.0 Å². The van der Waals surface area contributed by atoms with E-state index in [0.29, 0.717) is 19.7 Å². The van der Waals surface area contributed by atoms with Crippen molar-refractivity contribution in [3.8, 4) is 5.75 Å². The molecule has 0 aliphatic carbocycles. The Balaban J connectivity index is 1.51. The van der Waals surface area contributed by atoms with Crippen molar-refractivity contribution in [3.05, 3.63) is 65.5 Å². The Morgan fingerprint density at radius 1 is 1.22 bits per heavy atom. The van der Waals surface area contributed by atoms with E-state index in [2.05, 4.69) is 10.6 Å². The molecule has 32 heavy (non-hydrogen) atoms. The van der Waals surface area contributed by atoms with Gasteiger partial charge in [0.15, 0.2) is 5.96 Å². The zero-order chi connectivity index (χ0) is 22.9. The highest BCUT2D eigenvalue weighted by atomic mass is 19.1. The molecule has 2 aromatic rings. The van der Waals surface area contributed by atoms with Crippen molar-refractivity contribution in [1.82, 2.24) is 15.5 Å². The maximum atomic E-state index is 13.3. The molecule has 1 amide bonds. The van der Waals surface area contributed by atoms with Gasteiger partial charge in [-0.1, -0.05) is 38.1 Å². The quantitative estimate of drug-likeness (QED) is 0.485. The smallest absolute Gasteiger partial charge is 0.225 e.